The van der Waals surface area contributed by atoms with Crippen LogP contribution in [0.3, 0.4) is 0 Å². The smallest absolute Gasteiger partial charge is 0.335 e. The van der Waals surface area contributed by atoms with E-state index in [9.17, 15) is 19.2 Å². The third-order valence-corrected chi connectivity index (χ3v) is 3.52. The molecule has 2 N–H and O–H groups in total. The second-order valence-electron chi connectivity index (χ2n) is 6.06. The first-order chi connectivity index (χ1) is 10.5. The van der Waals surface area contributed by atoms with E-state index in [0.29, 0.717) is 0 Å². The minimum atomic E-state index is -1.26. The minimum absolute atomic E-state index is 0.0952. The number of esters is 2. The first-order valence-electron chi connectivity index (χ1n) is 6.86. The maximum atomic E-state index is 11.8. The number of ether oxygens (including phenoxy) is 2. The van der Waals surface area contributed by atoms with E-state index in [4.69, 9.17) is 19.7 Å². The molecule has 0 aliphatic carbocycles. The molecule has 23 heavy (non-hydrogen) atoms. The molecule has 0 bridgehead atoms. The van der Waals surface area contributed by atoms with Crippen LogP contribution in [0.5, 0.6) is 0 Å². The zero-order valence-electron chi connectivity index (χ0n) is 12.6. The van der Waals surface area contributed by atoms with Crippen LogP contribution in [0, 0.1) is 0 Å². The van der Waals surface area contributed by atoms with Crippen LogP contribution >= 0.6 is 0 Å². The Bertz CT molecular complexity index is 602. The predicted octanol–water partition coefficient (Wildman–Crippen LogP) is 0.810. The quantitative estimate of drug-likeness (QED) is 0.687. The standard InChI is InChI=1S/C15H16O8/c1-14(6-10(16)17)4-8(12(20)22-14)3-9-5-15(2,7-11(18)19)23-13(9)21/h4-5H,3,6-7H2,1-2H3,(H,16,17)(H,18,19). The normalized spacial score (nSPS) is 29.7. The van der Waals surface area contributed by atoms with Gasteiger partial charge in [-0.3, -0.25) is 9.59 Å². The van der Waals surface area contributed by atoms with E-state index in [1.165, 1.54) is 26.0 Å². The number of carboxylic acid groups (broad SMARTS) is 2. The number of carboxylic acids is 2. The number of carbonyl (C=O) groups excluding carboxylic acids is 2. The molecule has 0 aromatic heterocycles. The summed E-state index contributed by atoms with van der Waals surface area (Å²) >= 11 is 0. The van der Waals surface area contributed by atoms with Gasteiger partial charge in [0.25, 0.3) is 0 Å². The zero-order valence-corrected chi connectivity index (χ0v) is 12.6. The van der Waals surface area contributed by atoms with Crippen LogP contribution in [0.4, 0.5) is 0 Å². The average Bonchev–Trinajstić information content (AvgIpc) is 2.74. The van der Waals surface area contributed by atoms with Gasteiger partial charge < -0.3 is 19.7 Å². The number of carbonyl (C=O) groups is 4. The van der Waals surface area contributed by atoms with Crippen molar-refractivity contribution in [3.8, 4) is 0 Å². The summed E-state index contributed by atoms with van der Waals surface area (Å²) in [6, 6.07) is 0. The lowest BCUT2D eigenvalue weighted by Gasteiger charge is -2.18. The molecule has 0 saturated carbocycles. The largest absolute Gasteiger partial charge is 0.481 e. The fourth-order valence-corrected chi connectivity index (χ4v) is 2.69. The fourth-order valence-electron chi connectivity index (χ4n) is 2.69. The zero-order chi connectivity index (χ0) is 17.4. The fraction of sp³-hybridized carbons (Fsp3) is 0.467. The Morgan fingerprint density at radius 3 is 1.57 bits per heavy atom. The Morgan fingerprint density at radius 1 is 0.913 bits per heavy atom. The van der Waals surface area contributed by atoms with Crippen LogP contribution in [0.1, 0.15) is 33.1 Å². The highest BCUT2D eigenvalue weighted by Crippen LogP contribution is 2.35. The topological polar surface area (TPSA) is 127 Å². The van der Waals surface area contributed by atoms with E-state index in [1.807, 2.05) is 0 Å². The van der Waals surface area contributed by atoms with Crippen molar-refractivity contribution in [2.24, 2.45) is 0 Å². The van der Waals surface area contributed by atoms with Gasteiger partial charge in [-0.15, -0.1) is 0 Å². The summed E-state index contributed by atoms with van der Waals surface area (Å²) in [5, 5.41) is 17.7. The molecule has 0 amide bonds. The SMILES string of the molecule is CC1(CC(=O)O)C=C(CC2=CC(C)(CC(=O)O)OC2=O)C(=O)O1. The molecule has 8 heteroatoms. The maximum Gasteiger partial charge on any atom is 0.335 e. The van der Waals surface area contributed by atoms with Gasteiger partial charge in [0, 0.05) is 17.6 Å². The number of hydrogen-bond acceptors (Lipinski definition) is 6. The summed E-state index contributed by atoms with van der Waals surface area (Å²) in [7, 11) is 0. The Hall–Kier alpha value is -2.64. The van der Waals surface area contributed by atoms with E-state index in [1.54, 1.807) is 0 Å². The Kier molecular flexibility index (Phi) is 4.02. The van der Waals surface area contributed by atoms with Crippen molar-refractivity contribution in [1.29, 1.82) is 0 Å². The van der Waals surface area contributed by atoms with E-state index in [2.05, 4.69) is 0 Å². The minimum Gasteiger partial charge on any atom is -0.481 e. The van der Waals surface area contributed by atoms with Crippen molar-refractivity contribution in [3.05, 3.63) is 23.3 Å². The highest BCUT2D eigenvalue weighted by molar-refractivity contribution is 5.98. The molecule has 2 aliphatic heterocycles. The van der Waals surface area contributed by atoms with Crippen LogP contribution < -0.4 is 0 Å². The van der Waals surface area contributed by atoms with Gasteiger partial charge in [0.15, 0.2) is 0 Å². The monoisotopic (exact) mass is 324 g/mol. The van der Waals surface area contributed by atoms with Crippen molar-refractivity contribution in [2.75, 3.05) is 0 Å². The van der Waals surface area contributed by atoms with Crippen molar-refractivity contribution in [3.63, 3.8) is 0 Å². The van der Waals surface area contributed by atoms with Gasteiger partial charge in [0.05, 0.1) is 12.8 Å². The summed E-state index contributed by atoms with van der Waals surface area (Å²) in [5.41, 5.74) is -2.22. The molecule has 124 valence electrons. The van der Waals surface area contributed by atoms with Crippen LogP contribution in [-0.4, -0.2) is 45.3 Å². The second kappa shape index (κ2) is 5.53. The van der Waals surface area contributed by atoms with Gasteiger partial charge in [-0.2, -0.15) is 0 Å². The summed E-state index contributed by atoms with van der Waals surface area (Å²) in [5.74, 6) is -3.64. The van der Waals surface area contributed by atoms with E-state index in [0.717, 1.165) is 0 Å². The van der Waals surface area contributed by atoms with E-state index >= 15 is 0 Å². The van der Waals surface area contributed by atoms with Gasteiger partial charge in [-0.25, -0.2) is 9.59 Å². The van der Waals surface area contributed by atoms with Crippen molar-refractivity contribution in [2.45, 2.75) is 44.3 Å². The Morgan fingerprint density at radius 2 is 1.26 bits per heavy atom. The molecule has 0 aromatic carbocycles. The van der Waals surface area contributed by atoms with Crippen molar-refractivity contribution >= 4 is 23.9 Å². The van der Waals surface area contributed by atoms with Gasteiger partial charge in [0.1, 0.15) is 11.2 Å². The Labute approximate surface area is 131 Å². The lowest BCUT2D eigenvalue weighted by atomic mass is 9.96. The van der Waals surface area contributed by atoms with Crippen LogP contribution in [-0.2, 0) is 28.7 Å². The number of hydrogen-bond donors (Lipinski definition) is 2. The van der Waals surface area contributed by atoms with Crippen LogP contribution in [0.2, 0.25) is 0 Å². The molecule has 2 rings (SSSR count). The van der Waals surface area contributed by atoms with Gasteiger partial charge in [-0.1, -0.05) is 0 Å². The number of aliphatic carboxylic acids is 2. The highest BCUT2D eigenvalue weighted by Gasteiger charge is 2.42. The third kappa shape index (κ3) is 3.77. The van der Waals surface area contributed by atoms with Crippen LogP contribution in [0.15, 0.2) is 23.3 Å². The van der Waals surface area contributed by atoms with Gasteiger partial charge in [0.2, 0.25) is 0 Å². The van der Waals surface area contributed by atoms with Crippen molar-refractivity contribution < 1.29 is 38.9 Å². The first-order valence-corrected chi connectivity index (χ1v) is 6.86. The molecule has 8 nitrogen and oxygen atoms in total. The van der Waals surface area contributed by atoms with E-state index in [-0.39, 0.29) is 30.4 Å². The van der Waals surface area contributed by atoms with Gasteiger partial charge in [-0.05, 0) is 26.0 Å². The number of rotatable bonds is 6. The maximum absolute atomic E-state index is 11.8. The highest BCUT2D eigenvalue weighted by atomic mass is 16.6. The lowest BCUT2D eigenvalue weighted by molar-refractivity contribution is -0.152. The summed E-state index contributed by atoms with van der Waals surface area (Å²) in [6.45, 7) is 2.92. The van der Waals surface area contributed by atoms with E-state index < -0.39 is 35.1 Å². The Balaban J connectivity index is 2.18. The molecule has 0 aromatic rings. The molecule has 0 saturated heterocycles. The second-order valence-corrected chi connectivity index (χ2v) is 6.06. The summed E-state index contributed by atoms with van der Waals surface area (Å²) in [6.07, 6.45) is 1.89. The van der Waals surface area contributed by atoms with Crippen molar-refractivity contribution in [1.82, 2.24) is 0 Å². The molecule has 2 atom stereocenters. The molecular weight excluding hydrogens is 308 g/mol. The van der Waals surface area contributed by atoms with Gasteiger partial charge >= 0.3 is 23.9 Å². The molecular formula is C15H16O8. The number of cyclic esters (lactones) is 2. The lowest BCUT2D eigenvalue weighted by Crippen LogP contribution is -2.27. The summed E-state index contributed by atoms with van der Waals surface area (Å²) in [4.78, 5) is 45.3. The molecule has 2 heterocycles. The molecule has 0 fully saturated rings. The molecule has 0 radical (unpaired) electrons. The predicted molar refractivity (Wildman–Crippen MR) is 74.3 cm³/mol. The molecule has 0 spiro atoms. The molecule has 2 unspecified atom stereocenters. The average molecular weight is 324 g/mol. The summed E-state index contributed by atoms with van der Waals surface area (Å²) < 4.78 is 10.1. The van der Waals surface area contributed by atoms with Crippen LogP contribution in [0.25, 0.3) is 0 Å². The first kappa shape index (κ1) is 16.7. The molecule has 2 aliphatic rings. The third-order valence-electron chi connectivity index (χ3n) is 3.52.